The summed E-state index contributed by atoms with van der Waals surface area (Å²) in [5.41, 5.74) is 1.66. The predicted octanol–water partition coefficient (Wildman–Crippen LogP) is 2.10. The molecule has 1 saturated heterocycles. The third-order valence-electron chi connectivity index (χ3n) is 4.37. The highest BCUT2D eigenvalue weighted by atomic mass is 35.5. The van der Waals surface area contributed by atoms with Gasteiger partial charge in [0.25, 0.3) is 5.91 Å². The monoisotopic (exact) mass is 377 g/mol. The van der Waals surface area contributed by atoms with E-state index in [-0.39, 0.29) is 18.3 Å². The maximum Gasteiger partial charge on any atom is 0.345 e. The lowest BCUT2D eigenvalue weighted by atomic mass is 10.2. The van der Waals surface area contributed by atoms with E-state index in [1.54, 1.807) is 11.8 Å². The molecule has 0 saturated carbocycles. The molecule has 2 aromatic rings. The topological polar surface area (TPSA) is 84.5 Å². The Balaban J connectivity index is 1.54. The van der Waals surface area contributed by atoms with E-state index in [1.165, 1.54) is 6.07 Å². The average Bonchev–Trinajstić information content (AvgIpc) is 2.96. The number of piperazine rings is 1. The van der Waals surface area contributed by atoms with Gasteiger partial charge in [-0.15, -0.1) is 4.68 Å². The van der Waals surface area contributed by atoms with Gasteiger partial charge in [0.1, 0.15) is 0 Å². The lowest BCUT2D eigenvalue weighted by molar-refractivity contribution is -0.392. The summed E-state index contributed by atoms with van der Waals surface area (Å²) < 4.78 is 1.16. The van der Waals surface area contributed by atoms with Gasteiger partial charge >= 0.3 is 5.82 Å². The van der Waals surface area contributed by atoms with E-state index in [0.29, 0.717) is 23.8 Å². The number of aryl methyl sites for hydroxylation is 1. The fourth-order valence-electron chi connectivity index (χ4n) is 3.07. The number of halogens is 1. The summed E-state index contributed by atoms with van der Waals surface area (Å²) in [4.78, 5) is 27.0. The molecule has 1 aromatic heterocycles. The summed E-state index contributed by atoms with van der Waals surface area (Å²) in [7, 11) is 0. The minimum absolute atomic E-state index is 0.113. The SMILES string of the molecule is Cc1cc([N+](=O)[O-])n(CC(=O)N2CCN(Cc3cccc(Cl)c3)CC2)n1. The summed E-state index contributed by atoms with van der Waals surface area (Å²) >= 11 is 6.01. The zero-order valence-electron chi connectivity index (χ0n) is 14.5. The number of carbonyl (C=O) groups is 1. The number of carbonyl (C=O) groups excluding carboxylic acids is 1. The second kappa shape index (κ2) is 7.84. The number of amides is 1. The predicted molar refractivity (Wildman–Crippen MR) is 96.9 cm³/mol. The van der Waals surface area contributed by atoms with Gasteiger partial charge in [-0.05, 0) is 29.5 Å². The molecule has 0 radical (unpaired) electrons. The van der Waals surface area contributed by atoms with Gasteiger partial charge in [0.2, 0.25) is 0 Å². The van der Waals surface area contributed by atoms with Crippen LogP contribution in [0.15, 0.2) is 30.3 Å². The van der Waals surface area contributed by atoms with Gasteiger partial charge in [0.15, 0.2) is 6.54 Å². The van der Waals surface area contributed by atoms with Crippen molar-refractivity contribution in [2.24, 2.45) is 0 Å². The van der Waals surface area contributed by atoms with Crippen LogP contribution < -0.4 is 0 Å². The largest absolute Gasteiger partial charge is 0.358 e. The summed E-state index contributed by atoms with van der Waals surface area (Å²) in [5.74, 6) is -0.311. The first kappa shape index (κ1) is 18.3. The smallest absolute Gasteiger partial charge is 0.345 e. The first-order valence-electron chi connectivity index (χ1n) is 8.36. The van der Waals surface area contributed by atoms with Crippen LogP contribution in [0.1, 0.15) is 11.3 Å². The van der Waals surface area contributed by atoms with Crippen molar-refractivity contribution in [3.8, 4) is 0 Å². The van der Waals surface area contributed by atoms with E-state index in [1.807, 2.05) is 24.3 Å². The second-order valence-electron chi connectivity index (χ2n) is 6.35. The Morgan fingerprint density at radius 2 is 2.00 bits per heavy atom. The van der Waals surface area contributed by atoms with Crippen LogP contribution in [0.25, 0.3) is 0 Å². The van der Waals surface area contributed by atoms with Crippen molar-refractivity contribution in [2.45, 2.75) is 20.0 Å². The Morgan fingerprint density at radius 3 is 2.65 bits per heavy atom. The number of aromatic nitrogens is 2. The number of nitro groups is 1. The quantitative estimate of drug-likeness (QED) is 0.588. The van der Waals surface area contributed by atoms with Crippen molar-refractivity contribution in [1.82, 2.24) is 19.6 Å². The molecule has 8 nitrogen and oxygen atoms in total. The van der Waals surface area contributed by atoms with E-state index in [9.17, 15) is 14.9 Å². The number of hydrogen-bond donors (Lipinski definition) is 0. The second-order valence-corrected chi connectivity index (χ2v) is 6.78. The third-order valence-corrected chi connectivity index (χ3v) is 4.61. The van der Waals surface area contributed by atoms with Gasteiger partial charge in [-0.25, -0.2) is 0 Å². The Kier molecular flexibility index (Phi) is 5.53. The van der Waals surface area contributed by atoms with Gasteiger partial charge in [-0.2, -0.15) is 0 Å². The van der Waals surface area contributed by atoms with E-state index >= 15 is 0 Å². The minimum Gasteiger partial charge on any atom is -0.358 e. The molecule has 1 aliphatic rings. The molecule has 1 aliphatic heterocycles. The molecule has 0 aliphatic carbocycles. The van der Waals surface area contributed by atoms with Crippen LogP contribution in [-0.4, -0.2) is 56.6 Å². The zero-order chi connectivity index (χ0) is 18.7. The molecule has 3 rings (SSSR count). The van der Waals surface area contributed by atoms with Crippen molar-refractivity contribution in [1.29, 1.82) is 0 Å². The first-order chi connectivity index (χ1) is 12.4. The van der Waals surface area contributed by atoms with Crippen molar-refractivity contribution < 1.29 is 9.72 Å². The third kappa shape index (κ3) is 4.39. The molecule has 2 heterocycles. The zero-order valence-corrected chi connectivity index (χ0v) is 15.2. The summed E-state index contributed by atoms with van der Waals surface area (Å²) in [6.07, 6.45) is 0. The fourth-order valence-corrected chi connectivity index (χ4v) is 3.29. The summed E-state index contributed by atoms with van der Waals surface area (Å²) in [6.45, 7) is 5.02. The first-order valence-corrected chi connectivity index (χ1v) is 8.73. The number of rotatable bonds is 5. The van der Waals surface area contributed by atoms with Crippen LogP contribution in [0.5, 0.6) is 0 Å². The van der Waals surface area contributed by atoms with Crippen LogP contribution in [0.3, 0.4) is 0 Å². The molecule has 26 heavy (non-hydrogen) atoms. The van der Waals surface area contributed by atoms with Gasteiger partial charge in [-0.1, -0.05) is 28.8 Å². The molecule has 0 bridgehead atoms. The summed E-state index contributed by atoms with van der Waals surface area (Å²) in [6, 6.07) is 9.12. The van der Waals surface area contributed by atoms with Gasteiger partial charge in [-0.3, -0.25) is 9.69 Å². The van der Waals surface area contributed by atoms with Crippen LogP contribution in [0.4, 0.5) is 5.82 Å². The van der Waals surface area contributed by atoms with Gasteiger partial charge in [0.05, 0.1) is 11.8 Å². The molecule has 138 valence electrons. The van der Waals surface area contributed by atoms with E-state index in [2.05, 4.69) is 10.00 Å². The molecular formula is C17H20ClN5O3. The number of benzene rings is 1. The van der Waals surface area contributed by atoms with Crippen molar-refractivity contribution in [3.05, 3.63) is 56.7 Å². The average molecular weight is 378 g/mol. The van der Waals surface area contributed by atoms with E-state index in [0.717, 1.165) is 29.9 Å². The maximum absolute atomic E-state index is 12.5. The molecule has 1 fully saturated rings. The highest BCUT2D eigenvalue weighted by molar-refractivity contribution is 6.30. The molecule has 1 aromatic carbocycles. The van der Waals surface area contributed by atoms with Crippen LogP contribution in [-0.2, 0) is 17.9 Å². The normalized spacial score (nSPS) is 15.2. The maximum atomic E-state index is 12.5. The fraction of sp³-hybridized carbons (Fsp3) is 0.412. The van der Waals surface area contributed by atoms with Gasteiger partial charge < -0.3 is 15.0 Å². The highest BCUT2D eigenvalue weighted by Gasteiger charge is 2.25. The van der Waals surface area contributed by atoms with Crippen LogP contribution in [0.2, 0.25) is 5.02 Å². The molecule has 0 unspecified atom stereocenters. The van der Waals surface area contributed by atoms with E-state index in [4.69, 9.17) is 11.6 Å². The van der Waals surface area contributed by atoms with Crippen molar-refractivity contribution in [3.63, 3.8) is 0 Å². The van der Waals surface area contributed by atoms with Crippen molar-refractivity contribution >= 4 is 23.3 Å². The van der Waals surface area contributed by atoms with Gasteiger partial charge in [0, 0.05) is 37.7 Å². The van der Waals surface area contributed by atoms with Crippen LogP contribution >= 0.6 is 11.6 Å². The standard InChI is InChI=1S/C17H20ClN5O3/c1-13-9-16(23(25)26)22(19-13)12-17(24)21-7-5-20(6-8-21)11-14-3-2-4-15(18)10-14/h2-4,9-10H,5-8,11-12H2,1H3. The Bertz CT molecular complexity index is 814. The molecular weight excluding hydrogens is 358 g/mol. The molecule has 1 amide bonds. The van der Waals surface area contributed by atoms with E-state index < -0.39 is 4.92 Å². The Hall–Kier alpha value is -2.45. The lowest BCUT2D eigenvalue weighted by Crippen LogP contribution is -2.49. The summed E-state index contributed by atoms with van der Waals surface area (Å²) in [5, 5.41) is 15.8. The Labute approximate surface area is 156 Å². The lowest BCUT2D eigenvalue weighted by Gasteiger charge is -2.34. The number of nitrogens with zero attached hydrogens (tertiary/aromatic N) is 5. The molecule has 0 spiro atoms. The van der Waals surface area contributed by atoms with Crippen LogP contribution in [0, 0.1) is 17.0 Å². The molecule has 9 heteroatoms. The number of hydrogen-bond acceptors (Lipinski definition) is 5. The molecule has 0 atom stereocenters. The van der Waals surface area contributed by atoms with Crippen molar-refractivity contribution in [2.75, 3.05) is 26.2 Å². The Morgan fingerprint density at radius 1 is 1.27 bits per heavy atom. The molecule has 0 N–H and O–H groups in total. The minimum atomic E-state index is -0.518. The highest BCUT2D eigenvalue weighted by Crippen LogP contribution is 2.16.